The maximum absolute atomic E-state index is 12.4. The zero-order valence-corrected chi connectivity index (χ0v) is 19.5. The minimum Gasteiger partial charge on any atom is -0.486 e. The van der Waals surface area contributed by atoms with Crippen molar-refractivity contribution in [3.8, 4) is 5.75 Å². The number of rotatable bonds is 9. The molecule has 0 saturated heterocycles. The largest absolute Gasteiger partial charge is 0.486 e. The number of thioether (sulfide) groups is 1. The number of benzene rings is 2. The van der Waals surface area contributed by atoms with E-state index in [1.807, 2.05) is 53.1 Å². The van der Waals surface area contributed by atoms with Crippen molar-refractivity contribution in [2.75, 3.05) is 11.1 Å². The minimum absolute atomic E-state index is 0.148. The van der Waals surface area contributed by atoms with Gasteiger partial charge in [-0.25, -0.2) is 4.98 Å². The van der Waals surface area contributed by atoms with Crippen LogP contribution in [0.25, 0.3) is 10.2 Å². The van der Waals surface area contributed by atoms with E-state index in [0.717, 1.165) is 20.4 Å². The first-order valence-corrected chi connectivity index (χ1v) is 11.9. The third kappa shape index (κ3) is 5.52. The summed E-state index contributed by atoms with van der Waals surface area (Å²) in [5.41, 5.74) is 0.872. The van der Waals surface area contributed by atoms with Gasteiger partial charge in [-0.05, 0) is 36.4 Å². The van der Waals surface area contributed by atoms with E-state index in [1.54, 1.807) is 6.08 Å². The van der Waals surface area contributed by atoms with Crippen molar-refractivity contribution >= 4 is 60.3 Å². The molecule has 4 aromatic rings. The van der Waals surface area contributed by atoms with E-state index >= 15 is 0 Å². The Morgan fingerprint density at radius 3 is 2.81 bits per heavy atom. The first-order chi connectivity index (χ1) is 15.1. The van der Waals surface area contributed by atoms with Gasteiger partial charge in [-0.2, -0.15) is 0 Å². The third-order valence-electron chi connectivity index (χ3n) is 4.16. The lowest BCUT2D eigenvalue weighted by Gasteiger charge is -2.09. The Morgan fingerprint density at radius 2 is 2.03 bits per heavy atom. The summed E-state index contributed by atoms with van der Waals surface area (Å²) in [6, 6.07) is 15.4. The van der Waals surface area contributed by atoms with E-state index < -0.39 is 0 Å². The lowest BCUT2D eigenvalue weighted by molar-refractivity contribution is -0.113. The van der Waals surface area contributed by atoms with Gasteiger partial charge in [-0.3, -0.25) is 9.36 Å². The predicted molar refractivity (Wildman–Crippen MR) is 128 cm³/mol. The van der Waals surface area contributed by atoms with Crippen LogP contribution in [0.1, 0.15) is 5.82 Å². The molecule has 0 saturated carbocycles. The highest BCUT2D eigenvalue weighted by Crippen LogP contribution is 2.26. The van der Waals surface area contributed by atoms with Gasteiger partial charge in [0.15, 0.2) is 16.1 Å². The molecule has 0 atom stereocenters. The first kappa shape index (κ1) is 21.5. The molecule has 1 amide bonds. The number of carbonyl (C=O) groups excluding carboxylic acids is 1. The first-order valence-electron chi connectivity index (χ1n) is 9.32. The van der Waals surface area contributed by atoms with E-state index in [1.165, 1.54) is 23.1 Å². The number of nitrogens with one attached hydrogen (secondary N) is 1. The van der Waals surface area contributed by atoms with Crippen LogP contribution in [0.4, 0.5) is 5.13 Å². The zero-order chi connectivity index (χ0) is 21.6. The van der Waals surface area contributed by atoms with Gasteiger partial charge in [0.2, 0.25) is 5.91 Å². The number of hydrogen-bond donors (Lipinski definition) is 1. The van der Waals surface area contributed by atoms with E-state index in [2.05, 4.69) is 43.0 Å². The quantitative estimate of drug-likeness (QED) is 0.245. The van der Waals surface area contributed by atoms with Gasteiger partial charge in [-0.1, -0.05) is 57.2 Å². The second-order valence-corrected chi connectivity index (χ2v) is 9.25. The van der Waals surface area contributed by atoms with Crippen molar-refractivity contribution in [3.63, 3.8) is 0 Å². The molecule has 0 radical (unpaired) electrons. The lowest BCUT2D eigenvalue weighted by atomic mass is 10.3. The number of aromatic nitrogens is 4. The lowest BCUT2D eigenvalue weighted by Crippen LogP contribution is -2.14. The fourth-order valence-electron chi connectivity index (χ4n) is 2.73. The highest BCUT2D eigenvalue weighted by molar-refractivity contribution is 9.10. The molecule has 4 rings (SSSR count). The number of carbonyl (C=O) groups is 1. The molecule has 0 unspecified atom stereocenters. The molecule has 31 heavy (non-hydrogen) atoms. The Bertz CT molecular complexity index is 1170. The van der Waals surface area contributed by atoms with Gasteiger partial charge in [-0.15, -0.1) is 16.8 Å². The van der Waals surface area contributed by atoms with Crippen molar-refractivity contribution in [1.29, 1.82) is 0 Å². The Hall–Kier alpha value is -2.69. The second kappa shape index (κ2) is 10.1. The summed E-state index contributed by atoms with van der Waals surface area (Å²) >= 11 is 6.16. The SMILES string of the molecule is C=CCn1c(COc2ccc(Br)cc2)nnc1SCC(=O)Nc1nc2ccccc2s1. The normalized spacial score (nSPS) is 10.9. The summed E-state index contributed by atoms with van der Waals surface area (Å²) in [6.07, 6.45) is 1.76. The van der Waals surface area contributed by atoms with E-state index in [4.69, 9.17) is 4.74 Å². The molecule has 0 aliphatic carbocycles. The molecule has 10 heteroatoms. The smallest absolute Gasteiger partial charge is 0.236 e. The summed E-state index contributed by atoms with van der Waals surface area (Å²) in [4.78, 5) is 16.8. The number of para-hydroxylation sites is 1. The van der Waals surface area contributed by atoms with Crippen molar-refractivity contribution in [3.05, 3.63) is 71.5 Å². The van der Waals surface area contributed by atoms with Crippen LogP contribution in [0.3, 0.4) is 0 Å². The Kier molecular flexibility index (Phi) is 7.00. The van der Waals surface area contributed by atoms with Gasteiger partial charge in [0, 0.05) is 11.0 Å². The number of fused-ring (bicyclic) bond motifs is 1. The van der Waals surface area contributed by atoms with Crippen LogP contribution in [0.5, 0.6) is 5.75 Å². The van der Waals surface area contributed by atoms with E-state index in [9.17, 15) is 4.79 Å². The van der Waals surface area contributed by atoms with Gasteiger partial charge in [0.05, 0.1) is 16.0 Å². The van der Waals surface area contributed by atoms with Gasteiger partial charge < -0.3 is 10.1 Å². The topological polar surface area (TPSA) is 81.9 Å². The molecule has 158 valence electrons. The highest BCUT2D eigenvalue weighted by atomic mass is 79.9. The Balaban J connectivity index is 1.37. The fraction of sp³-hybridized carbons (Fsp3) is 0.143. The summed E-state index contributed by atoms with van der Waals surface area (Å²) in [6.45, 7) is 4.59. The highest BCUT2D eigenvalue weighted by Gasteiger charge is 2.15. The van der Waals surface area contributed by atoms with Crippen LogP contribution in [-0.2, 0) is 17.9 Å². The summed E-state index contributed by atoms with van der Waals surface area (Å²) in [7, 11) is 0. The maximum Gasteiger partial charge on any atom is 0.236 e. The summed E-state index contributed by atoms with van der Waals surface area (Å²) in [5, 5.41) is 12.5. The van der Waals surface area contributed by atoms with Crippen LogP contribution >= 0.6 is 39.0 Å². The number of nitrogens with zero attached hydrogens (tertiary/aromatic N) is 4. The van der Waals surface area contributed by atoms with Gasteiger partial charge in [0.1, 0.15) is 12.4 Å². The maximum atomic E-state index is 12.4. The van der Waals surface area contributed by atoms with Gasteiger partial charge in [0.25, 0.3) is 0 Å². The van der Waals surface area contributed by atoms with Crippen molar-refractivity contribution in [2.24, 2.45) is 0 Å². The number of allylic oxidation sites excluding steroid dienone is 1. The van der Waals surface area contributed by atoms with E-state index in [0.29, 0.717) is 22.7 Å². The number of amides is 1. The average Bonchev–Trinajstić information content (AvgIpc) is 3.35. The molecule has 7 nitrogen and oxygen atoms in total. The summed E-state index contributed by atoms with van der Waals surface area (Å²) in [5.74, 6) is 1.45. The van der Waals surface area contributed by atoms with Crippen LogP contribution in [0.2, 0.25) is 0 Å². The zero-order valence-electron chi connectivity index (χ0n) is 16.3. The van der Waals surface area contributed by atoms with E-state index in [-0.39, 0.29) is 18.3 Å². The molecule has 0 spiro atoms. The molecule has 0 aliphatic heterocycles. The van der Waals surface area contributed by atoms with Crippen LogP contribution in [-0.4, -0.2) is 31.4 Å². The Morgan fingerprint density at radius 1 is 1.23 bits per heavy atom. The van der Waals surface area contributed by atoms with Crippen molar-refractivity contribution in [1.82, 2.24) is 19.7 Å². The predicted octanol–water partition coefficient (Wildman–Crippen LogP) is 5.15. The molecule has 0 aliphatic rings. The molecule has 0 bridgehead atoms. The van der Waals surface area contributed by atoms with Crippen LogP contribution < -0.4 is 10.1 Å². The number of thiazole rings is 1. The van der Waals surface area contributed by atoms with Crippen LogP contribution in [0.15, 0.2) is 70.8 Å². The second-order valence-electron chi connectivity index (χ2n) is 6.36. The molecule has 2 aromatic heterocycles. The molecular formula is C21H18BrN5O2S2. The monoisotopic (exact) mass is 515 g/mol. The van der Waals surface area contributed by atoms with Crippen molar-refractivity contribution in [2.45, 2.75) is 18.3 Å². The molecule has 2 heterocycles. The molecular weight excluding hydrogens is 498 g/mol. The van der Waals surface area contributed by atoms with Gasteiger partial charge >= 0.3 is 0 Å². The average molecular weight is 516 g/mol. The number of halogens is 1. The van der Waals surface area contributed by atoms with Crippen LogP contribution in [0, 0.1) is 0 Å². The molecule has 2 aromatic carbocycles. The fourth-order valence-corrected chi connectivity index (χ4v) is 4.65. The molecule has 0 fully saturated rings. The third-order valence-corrected chi connectivity index (χ3v) is 6.61. The number of ether oxygens (including phenoxy) is 1. The van der Waals surface area contributed by atoms with Crippen molar-refractivity contribution < 1.29 is 9.53 Å². The minimum atomic E-state index is -0.148. The standard InChI is InChI=1S/C21H18BrN5O2S2/c1-2-11-27-18(12-29-15-9-7-14(22)8-10-15)25-26-21(27)30-13-19(28)24-20-23-16-5-3-4-6-17(16)31-20/h2-10H,1,11-13H2,(H,23,24,28). The molecule has 1 N–H and O–H groups in total. The number of hydrogen-bond acceptors (Lipinski definition) is 7. The Labute approximate surface area is 195 Å². The summed E-state index contributed by atoms with van der Waals surface area (Å²) < 4.78 is 9.71. The number of anilines is 1.